The molecule has 2 heterocycles. The molecule has 1 aromatic heterocycles. The molecule has 106 valence electrons. The Balaban J connectivity index is 2.17. The zero-order valence-electron chi connectivity index (χ0n) is 11.4. The van der Waals surface area contributed by atoms with Crippen LogP contribution < -0.4 is 16.0 Å². The Bertz CT molecular complexity index is 470. The average molecular weight is 283 g/mol. The Hall–Kier alpha value is -1.27. The van der Waals surface area contributed by atoms with E-state index in [1.54, 1.807) is 0 Å². The first-order valence-electron chi connectivity index (χ1n) is 6.58. The lowest BCUT2D eigenvalue weighted by atomic mass is 9.95. The van der Waals surface area contributed by atoms with E-state index >= 15 is 0 Å². The summed E-state index contributed by atoms with van der Waals surface area (Å²) < 4.78 is 0. The second-order valence-electron chi connectivity index (χ2n) is 5.25. The number of amides is 1. The molecule has 0 bridgehead atoms. The van der Waals surface area contributed by atoms with Crippen molar-refractivity contribution < 1.29 is 9.90 Å². The Morgan fingerprint density at radius 3 is 3.05 bits per heavy atom. The van der Waals surface area contributed by atoms with Crippen molar-refractivity contribution in [2.24, 2.45) is 0 Å². The normalized spacial score (nSPS) is 23.4. The van der Waals surface area contributed by atoms with Crippen molar-refractivity contribution in [2.45, 2.75) is 32.3 Å². The molecule has 1 saturated heterocycles. The molecule has 4 N–H and O–H groups in total. The minimum Gasteiger partial charge on any atom is -0.397 e. The zero-order valence-corrected chi connectivity index (χ0v) is 12.2. The fourth-order valence-electron chi connectivity index (χ4n) is 2.37. The smallest absolute Gasteiger partial charge is 0.263 e. The predicted molar refractivity (Wildman–Crippen MR) is 78.8 cm³/mol. The zero-order chi connectivity index (χ0) is 14.0. The maximum absolute atomic E-state index is 11.8. The Labute approximate surface area is 117 Å². The number of carbonyl (C=O) groups is 1. The fraction of sp³-hybridized carbons (Fsp3) is 0.615. The molecule has 0 saturated carbocycles. The van der Waals surface area contributed by atoms with Crippen LogP contribution in [0.15, 0.2) is 6.07 Å². The summed E-state index contributed by atoms with van der Waals surface area (Å²) in [5.74, 6) is -0.125. The van der Waals surface area contributed by atoms with Gasteiger partial charge in [-0.25, -0.2) is 0 Å². The van der Waals surface area contributed by atoms with Gasteiger partial charge in [0.1, 0.15) is 4.88 Å². The second kappa shape index (κ2) is 5.38. The third-order valence-corrected chi connectivity index (χ3v) is 4.49. The van der Waals surface area contributed by atoms with Gasteiger partial charge in [0.15, 0.2) is 0 Å². The number of hydrogen-bond acceptors (Lipinski definition) is 5. The summed E-state index contributed by atoms with van der Waals surface area (Å²) in [6.45, 7) is 5.79. The Morgan fingerprint density at radius 1 is 1.68 bits per heavy atom. The van der Waals surface area contributed by atoms with Crippen LogP contribution in [-0.2, 0) is 0 Å². The van der Waals surface area contributed by atoms with Crippen LogP contribution in [0.3, 0.4) is 0 Å². The first kappa shape index (κ1) is 14.1. The molecule has 1 amide bonds. The van der Waals surface area contributed by atoms with Crippen LogP contribution in [0, 0.1) is 0 Å². The van der Waals surface area contributed by atoms with Crippen LogP contribution in [-0.4, -0.2) is 36.2 Å². The van der Waals surface area contributed by atoms with Gasteiger partial charge in [-0.05, 0) is 32.8 Å². The minimum atomic E-state index is -0.664. The lowest BCUT2D eigenvalue weighted by molar-refractivity contribution is 0.0451. The fourth-order valence-corrected chi connectivity index (χ4v) is 3.40. The molecule has 1 aliphatic rings. The van der Waals surface area contributed by atoms with Crippen molar-refractivity contribution >= 4 is 27.9 Å². The second-order valence-corrected chi connectivity index (χ2v) is 6.28. The van der Waals surface area contributed by atoms with E-state index in [-0.39, 0.29) is 5.91 Å². The van der Waals surface area contributed by atoms with Crippen LogP contribution in [0.2, 0.25) is 0 Å². The highest BCUT2D eigenvalue weighted by molar-refractivity contribution is 7.18. The summed E-state index contributed by atoms with van der Waals surface area (Å²) in [6, 6.07) is 1.83. The van der Waals surface area contributed by atoms with Gasteiger partial charge in [-0.3, -0.25) is 4.79 Å². The van der Waals surface area contributed by atoms with E-state index in [0.29, 0.717) is 23.7 Å². The first-order chi connectivity index (χ1) is 8.93. The number of piperidine rings is 1. The number of thiophene rings is 1. The standard InChI is InChI=1S/C13H21N3O2S/c1-3-15-12(17)11-9(14)7-10(19-11)16-6-4-5-13(2,18)8-16/h7,18H,3-6,8,14H2,1-2H3,(H,15,17). The van der Waals surface area contributed by atoms with Gasteiger partial charge in [0, 0.05) is 19.6 Å². The van der Waals surface area contributed by atoms with E-state index in [9.17, 15) is 9.90 Å². The summed E-state index contributed by atoms with van der Waals surface area (Å²) in [6.07, 6.45) is 1.76. The third-order valence-electron chi connectivity index (χ3n) is 3.28. The van der Waals surface area contributed by atoms with Crippen molar-refractivity contribution in [1.82, 2.24) is 5.32 Å². The van der Waals surface area contributed by atoms with Crippen molar-refractivity contribution in [3.8, 4) is 0 Å². The molecule has 6 heteroatoms. The van der Waals surface area contributed by atoms with Gasteiger partial charge < -0.3 is 21.1 Å². The molecule has 0 spiro atoms. The number of nitrogens with two attached hydrogens (primary N) is 1. The van der Waals surface area contributed by atoms with Crippen LogP contribution in [0.4, 0.5) is 10.7 Å². The van der Waals surface area contributed by atoms with Crippen LogP contribution in [0.5, 0.6) is 0 Å². The van der Waals surface area contributed by atoms with E-state index in [2.05, 4.69) is 10.2 Å². The summed E-state index contributed by atoms with van der Waals surface area (Å²) in [5, 5.41) is 13.8. The number of carbonyl (C=O) groups excluding carboxylic acids is 1. The molecule has 1 unspecified atom stereocenters. The largest absolute Gasteiger partial charge is 0.397 e. The van der Waals surface area contributed by atoms with Crippen LogP contribution in [0.1, 0.15) is 36.4 Å². The van der Waals surface area contributed by atoms with Gasteiger partial charge >= 0.3 is 0 Å². The van der Waals surface area contributed by atoms with Crippen molar-refractivity contribution in [2.75, 3.05) is 30.3 Å². The van der Waals surface area contributed by atoms with Crippen molar-refractivity contribution in [3.05, 3.63) is 10.9 Å². The van der Waals surface area contributed by atoms with Crippen molar-refractivity contribution in [1.29, 1.82) is 0 Å². The topological polar surface area (TPSA) is 78.6 Å². The third kappa shape index (κ3) is 3.19. The Kier molecular flexibility index (Phi) is 4.01. The number of nitrogens with one attached hydrogen (secondary N) is 1. The molecule has 1 aromatic rings. The molecule has 0 aliphatic carbocycles. The first-order valence-corrected chi connectivity index (χ1v) is 7.39. The van der Waals surface area contributed by atoms with Crippen molar-refractivity contribution in [3.63, 3.8) is 0 Å². The Morgan fingerprint density at radius 2 is 2.42 bits per heavy atom. The molecule has 1 atom stereocenters. The number of nitrogens with zero attached hydrogens (tertiary/aromatic N) is 1. The molecule has 5 nitrogen and oxygen atoms in total. The molecule has 0 radical (unpaired) electrons. The summed E-state index contributed by atoms with van der Waals surface area (Å²) in [5.41, 5.74) is 5.75. The maximum atomic E-state index is 11.8. The van der Waals surface area contributed by atoms with Crippen LogP contribution in [0.25, 0.3) is 0 Å². The average Bonchev–Trinajstić information content (AvgIpc) is 2.70. The van der Waals surface area contributed by atoms with E-state index in [1.165, 1.54) is 11.3 Å². The maximum Gasteiger partial charge on any atom is 0.263 e. The molecule has 0 aromatic carbocycles. The number of nitrogen functional groups attached to an aromatic ring is 1. The van der Waals surface area contributed by atoms with E-state index in [0.717, 1.165) is 24.4 Å². The molecular formula is C13H21N3O2S. The van der Waals surface area contributed by atoms with Gasteiger partial charge in [0.2, 0.25) is 0 Å². The highest BCUT2D eigenvalue weighted by atomic mass is 32.1. The number of hydrogen-bond donors (Lipinski definition) is 3. The lowest BCUT2D eigenvalue weighted by Gasteiger charge is -2.37. The monoisotopic (exact) mass is 283 g/mol. The summed E-state index contributed by atoms with van der Waals surface area (Å²) in [7, 11) is 0. The highest BCUT2D eigenvalue weighted by Gasteiger charge is 2.29. The minimum absolute atomic E-state index is 0.125. The van der Waals surface area contributed by atoms with E-state index in [1.807, 2.05) is 19.9 Å². The number of anilines is 2. The van der Waals surface area contributed by atoms with Gasteiger partial charge in [-0.2, -0.15) is 0 Å². The quantitative estimate of drug-likeness (QED) is 0.784. The van der Waals surface area contributed by atoms with Gasteiger partial charge in [0.05, 0.1) is 16.3 Å². The van der Waals surface area contributed by atoms with Crippen LogP contribution >= 0.6 is 11.3 Å². The molecule has 19 heavy (non-hydrogen) atoms. The van der Waals surface area contributed by atoms with E-state index < -0.39 is 5.60 Å². The molecule has 1 fully saturated rings. The van der Waals surface area contributed by atoms with Gasteiger partial charge in [0.25, 0.3) is 5.91 Å². The SMILES string of the molecule is CCNC(=O)c1sc(N2CCCC(C)(O)C2)cc1N. The molecule has 1 aliphatic heterocycles. The molecular weight excluding hydrogens is 262 g/mol. The number of aliphatic hydroxyl groups is 1. The van der Waals surface area contributed by atoms with Gasteiger partial charge in [-0.15, -0.1) is 11.3 Å². The summed E-state index contributed by atoms with van der Waals surface area (Å²) in [4.78, 5) is 14.5. The molecule has 2 rings (SSSR count). The lowest BCUT2D eigenvalue weighted by Crippen LogP contribution is -2.45. The van der Waals surface area contributed by atoms with Gasteiger partial charge in [-0.1, -0.05) is 0 Å². The summed E-state index contributed by atoms with van der Waals surface area (Å²) >= 11 is 1.39. The number of rotatable bonds is 3. The predicted octanol–water partition coefficient (Wildman–Crippen LogP) is 1.43. The number of β-amino-alcohol motifs (C(OH)–C–C–N with tert-alkyl or cyclic N) is 1. The van der Waals surface area contributed by atoms with E-state index in [4.69, 9.17) is 5.73 Å². The highest BCUT2D eigenvalue weighted by Crippen LogP contribution is 2.35.